The lowest BCUT2D eigenvalue weighted by atomic mass is 10.0. The van der Waals surface area contributed by atoms with Crippen molar-refractivity contribution < 1.29 is 9.59 Å². The highest BCUT2D eigenvalue weighted by Gasteiger charge is 2.19. The lowest BCUT2D eigenvalue weighted by Gasteiger charge is -2.31. The number of carbonyl (C=O) groups is 2. The van der Waals surface area contributed by atoms with Gasteiger partial charge in [-0.1, -0.05) is 43.2 Å². The predicted molar refractivity (Wildman–Crippen MR) is 136 cm³/mol. The zero-order valence-corrected chi connectivity index (χ0v) is 20.5. The van der Waals surface area contributed by atoms with Gasteiger partial charge in [0.1, 0.15) is 0 Å². The molecule has 178 valence electrons. The third-order valence-electron chi connectivity index (χ3n) is 6.49. The topological polar surface area (TPSA) is 52.6 Å². The van der Waals surface area contributed by atoms with Crippen molar-refractivity contribution in [3.8, 4) is 0 Å². The monoisotopic (exact) mass is 449 g/mol. The molecule has 5 heteroatoms. The van der Waals surface area contributed by atoms with Crippen molar-refractivity contribution in [1.29, 1.82) is 0 Å². The van der Waals surface area contributed by atoms with Gasteiger partial charge in [-0.15, -0.1) is 0 Å². The van der Waals surface area contributed by atoms with Gasteiger partial charge in [-0.25, -0.2) is 0 Å². The van der Waals surface area contributed by atoms with Gasteiger partial charge in [0.05, 0.1) is 0 Å². The second-order valence-corrected chi connectivity index (χ2v) is 9.30. The molecule has 2 amide bonds. The minimum atomic E-state index is -0.0880. The van der Waals surface area contributed by atoms with E-state index in [-0.39, 0.29) is 5.91 Å². The summed E-state index contributed by atoms with van der Waals surface area (Å²) in [4.78, 5) is 29.5. The van der Waals surface area contributed by atoms with Crippen LogP contribution in [0.4, 0.5) is 5.69 Å². The van der Waals surface area contributed by atoms with E-state index in [1.807, 2.05) is 43.3 Å². The van der Waals surface area contributed by atoms with Crippen molar-refractivity contribution in [2.45, 2.75) is 65.3 Å². The summed E-state index contributed by atoms with van der Waals surface area (Å²) < 4.78 is 0. The van der Waals surface area contributed by atoms with Crippen molar-refractivity contribution in [2.75, 3.05) is 31.5 Å². The van der Waals surface area contributed by atoms with Crippen LogP contribution in [0.2, 0.25) is 0 Å². The first-order valence-corrected chi connectivity index (χ1v) is 12.4. The number of amides is 2. The van der Waals surface area contributed by atoms with E-state index in [1.165, 1.54) is 5.56 Å². The van der Waals surface area contributed by atoms with Gasteiger partial charge in [-0.05, 0) is 75.9 Å². The summed E-state index contributed by atoms with van der Waals surface area (Å²) >= 11 is 0. The number of rotatable bonds is 10. The molecule has 3 rings (SSSR count). The molecular formula is C28H39N3O2. The Morgan fingerprint density at radius 3 is 2.64 bits per heavy atom. The molecule has 0 spiro atoms. The maximum Gasteiger partial charge on any atom is 0.255 e. The van der Waals surface area contributed by atoms with E-state index in [1.54, 1.807) is 0 Å². The van der Waals surface area contributed by atoms with Crippen LogP contribution >= 0.6 is 0 Å². The van der Waals surface area contributed by atoms with Crippen LogP contribution in [0.1, 0.15) is 67.4 Å². The second kappa shape index (κ2) is 12.5. The molecule has 0 aromatic heterocycles. The van der Waals surface area contributed by atoms with E-state index >= 15 is 0 Å². The molecular weight excluding hydrogens is 410 g/mol. The number of nitrogens with one attached hydrogen (secondary N) is 1. The normalized spacial score (nSPS) is 15.4. The van der Waals surface area contributed by atoms with Crippen molar-refractivity contribution in [1.82, 2.24) is 9.80 Å². The first kappa shape index (κ1) is 25.0. The lowest BCUT2D eigenvalue weighted by molar-refractivity contribution is -0.131. The Hall–Kier alpha value is -2.66. The Bertz CT molecular complexity index is 910. The van der Waals surface area contributed by atoms with E-state index in [4.69, 9.17) is 0 Å². The summed E-state index contributed by atoms with van der Waals surface area (Å²) in [5, 5.41) is 3.03. The maximum atomic E-state index is 12.6. The molecule has 1 aliphatic rings. The molecule has 0 bridgehead atoms. The third kappa shape index (κ3) is 7.71. The maximum absolute atomic E-state index is 12.6. The fourth-order valence-electron chi connectivity index (χ4n) is 4.52. The van der Waals surface area contributed by atoms with Crippen LogP contribution in [-0.4, -0.2) is 53.8 Å². The molecule has 0 aliphatic carbocycles. The summed E-state index contributed by atoms with van der Waals surface area (Å²) in [6, 6.07) is 16.1. The van der Waals surface area contributed by atoms with Crippen molar-refractivity contribution in [3.05, 3.63) is 65.2 Å². The minimum absolute atomic E-state index is 0.0880. The summed E-state index contributed by atoms with van der Waals surface area (Å²) in [6.45, 7) is 10.1. The number of likely N-dealkylation sites (tertiary alicyclic amines) is 1. The zero-order chi connectivity index (χ0) is 23.6. The Labute approximate surface area is 199 Å². The van der Waals surface area contributed by atoms with Gasteiger partial charge < -0.3 is 10.2 Å². The van der Waals surface area contributed by atoms with E-state index in [9.17, 15) is 9.59 Å². The lowest BCUT2D eigenvalue weighted by Crippen LogP contribution is -2.43. The quantitative estimate of drug-likeness (QED) is 0.536. The van der Waals surface area contributed by atoms with Crippen molar-refractivity contribution >= 4 is 17.5 Å². The molecule has 2 aromatic carbocycles. The largest absolute Gasteiger partial charge is 0.341 e. The number of hydrogen-bond donors (Lipinski definition) is 1. The number of benzene rings is 2. The summed E-state index contributed by atoms with van der Waals surface area (Å²) in [5.74, 6) is 0.226. The highest BCUT2D eigenvalue weighted by Crippen LogP contribution is 2.17. The number of anilines is 1. The fourth-order valence-corrected chi connectivity index (χ4v) is 4.52. The zero-order valence-electron chi connectivity index (χ0n) is 20.5. The van der Waals surface area contributed by atoms with E-state index in [0.29, 0.717) is 23.9 Å². The molecule has 1 heterocycles. The smallest absolute Gasteiger partial charge is 0.255 e. The third-order valence-corrected chi connectivity index (χ3v) is 6.49. The Morgan fingerprint density at radius 2 is 1.88 bits per heavy atom. The van der Waals surface area contributed by atoms with E-state index in [2.05, 4.69) is 41.1 Å². The van der Waals surface area contributed by atoms with Crippen molar-refractivity contribution in [3.63, 3.8) is 0 Å². The highest BCUT2D eigenvalue weighted by atomic mass is 16.2. The number of nitrogens with zero attached hydrogens (tertiary/aromatic N) is 2. The molecule has 1 atom stereocenters. The summed E-state index contributed by atoms with van der Waals surface area (Å²) in [6.07, 6.45) is 6.00. The number of aryl methyl sites for hydroxylation is 1. The molecule has 5 nitrogen and oxygen atoms in total. The fraction of sp³-hybridized carbons (Fsp3) is 0.500. The summed E-state index contributed by atoms with van der Waals surface area (Å²) in [5.41, 5.74) is 3.83. The Balaban J connectivity index is 1.58. The number of carbonyl (C=O) groups excluding carboxylic acids is 2. The van der Waals surface area contributed by atoms with Crippen LogP contribution in [0.5, 0.6) is 0 Å². The van der Waals surface area contributed by atoms with Crippen LogP contribution in [0.15, 0.2) is 48.5 Å². The van der Waals surface area contributed by atoms with Gasteiger partial charge in [-0.3, -0.25) is 14.5 Å². The first-order valence-electron chi connectivity index (χ1n) is 12.4. The van der Waals surface area contributed by atoms with Gasteiger partial charge >= 0.3 is 0 Å². The summed E-state index contributed by atoms with van der Waals surface area (Å²) in [7, 11) is 0. The van der Waals surface area contributed by atoms with Gasteiger partial charge in [0.25, 0.3) is 5.91 Å². The SMILES string of the molecule is CCCN(CCN1CCCCCC1=O)C(C)Cc1cccc(NC(=O)c2ccc(C)cc2)c1. The van der Waals surface area contributed by atoms with E-state index in [0.717, 1.165) is 69.5 Å². The predicted octanol–water partition coefficient (Wildman–Crippen LogP) is 5.29. The number of hydrogen-bond acceptors (Lipinski definition) is 3. The van der Waals surface area contributed by atoms with Crippen LogP contribution in [0.25, 0.3) is 0 Å². The van der Waals surface area contributed by atoms with Gasteiger partial charge in [0, 0.05) is 43.3 Å². The van der Waals surface area contributed by atoms with Crippen molar-refractivity contribution in [2.24, 2.45) is 0 Å². The molecule has 1 N–H and O–H groups in total. The molecule has 0 saturated carbocycles. The molecule has 2 aromatic rings. The van der Waals surface area contributed by atoms with Crippen LogP contribution in [0, 0.1) is 6.92 Å². The first-order chi connectivity index (χ1) is 16.0. The Morgan fingerprint density at radius 1 is 1.09 bits per heavy atom. The molecule has 1 saturated heterocycles. The Kier molecular flexibility index (Phi) is 9.49. The highest BCUT2D eigenvalue weighted by molar-refractivity contribution is 6.04. The van der Waals surface area contributed by atoms with Crippen LogP contribution in [-0.2, 0) is 11.2 Å². The van der Waals surface area contributed by atoms with Gasteiger partial charge in [0.15, 0.2) is 0 Å². The molecule has 33 heavy (non-hydrogen) atoms. The molecule has 1 fully saturated rings. The van der Waals surface area contributed by atoms with E-state index < -0.39 is 0 Å². The van der Waals surface area contributed by atoms with Gasteiger partial charge in [-0.2, -0.15) is 0 Å². The average molecular weight is 450 g/mol. The molecule has 0 radical (unpaired) electrons. The van der Waals surface area contributed by atoms with Crippen LogP contribution in [0.3, 0.4) is 0 Å². The van der Waals surface area contributed by atoms with Gasteiger partial charge in [0.2, 0.25) is 5.91 Å². The standard InChI is InChI=1S/C28H39N3O2/c1-4-16-30(18-19-31-17-7-5-6-11-27(31)32)23(3)20-24-9-8-10-26(21-24)29-28(33)25-14-12-22(2)13-15-25/h8-10,12-15,21,23H,4-7,11,16-20H2,1-3H3,(H,29,33). The molecule has 1 aliphatic heterocycles. The minimum Gasteiger partial charge on any atom is -0.341 e. The molecule has 1 unspecified atom stereocenters. The second-order valence-electron chi connectivity index (χ2n) is 9.30. The van der Waals surface area contributed by atoms with Crippen LogP contribution < -0.4 is 5.32 Å². The average Bonchev–Trinajstić information content (AvgIpc) is 3.01.